The van der Waals surface area contributed by atoms with Gasteiger partial charge in [-0.3, -0.25) is 18.9 Å². The van der Waals surface area contributed by atoms with Crippen LogP contribution in [0.3, 0.4) is 0 Å². The minimum Gasteiger partial charge on any atom is -0.390 e. The number of aliphatic hydroxyl groups is 1. The zero-order chi connectivity index (χ0) is 18.6. The highest BCUT2D eigenvalue weighted by molar-refractivity contribution is 7.50. The monoisotopic (exact) mass is 377 g/mol. The van der Waals surface area contributed by atoms with Gasteiger partial charge in [0.15, 0.2) is 0 Å². The first-order valence-corrected chi connectivity index (χ1v) is 9.69. The maximum atomic E-state index is 11.9. The number of rotatable bonds is 8. The lowest BCUT2D eigenvalue weighted by molar-refractivity contribution is -0.0428. The Balaban J connectivity index is 1.97. The van der Waals surface area contributed by atoms with E-state index in [1.165, 1.54) is 10.8 Å². The van der Waals surface area contributed by atoms with Gasteiger partial charge in [-0.15, -0.1) is 0 Å². The number of unbranched alkanes of at least 4 members (excludes halogenated alkanes) is 1. The van der Waals surface area contributed by atoms with Gasteiger partial charge in [-0.1, -0.05) is 13.3 Å². The zero-order valence-corrected chi connectivity index (χ0v) is 15.1. The molecule has 25 heavy (non-hydrogen) atoms. The van der Waals surface area contributed by atoms with E-state index in [2.05, 4.69) is 10.1 Å². The van der Waals surface area contributed by atoms with E-state index >= 15 is 0 Å². The van der Waals surface area contributed by atoms with Crippen LogP contribution in [0.4, 0.5) is 0 Å². The highest BCUT2D eigenvalue weighted by Gasteiger charge is 2.37. The highest BCUT2D eigenvalue weighted by atomic mass is 31.2. The molecule has 1 aromatic heterocycles. The first kappa shape index (κ1) is 20.0. The number of nitrogens with one attached hydrogen (secondary N) is 2. The molecule has 1 aromatic rings. The molecule has 1 fully saturated rings. The molecule has 2 rings (SSSR count). The topological polar surface area (TPSA) is 143 Å². The summed E-state index contributed by atoms with van der Waals surface area (Å²) in [5, 5.41) is 12.5. The fourth-order valence-electron chi connectivity index (χ4n) is 2.45. The van der Waals surface area contributed by atoms with Gasteiger partial charge in [0.2, 0.25) is 0 Å². The predicted molar refractivity (Wildman–Crippen MR) is 89.3 cm³/mol. The number of aromatic amines is 1. The summed E-state index contributed by atoms with van der Waals surface area (Å²) in [6.45, 7) is 3.54. The summed E-state index contributed by atoms with van der Waals surface area (Å²) in [4.78, 5) is 35.1. The van der Waals surface area contributed by atoms with Crippen LogP contribution >= 0.6 is 7.75 Å². The standard InChI is InChI=1S/C14H24N3O7P/c1-3-4-5-15-25(21,22)23-8-11-10(18)6-12(24-11)17-7-9(2)13(19)16-14(17)20/h7,10-12,18H,3-6,8H2,1-2H3,(H2,15,21,22)(H,16,19,20)/t10-,11+,12+/m0/s1. The van der Waals surface area contributed by atoms with Gasteiger partial charge in [0.25, 0.3) is 5.56 Å². The molecule has 0 radical (unpaired) electrons. The van der Waals surface area contributed by atoms with Crippen molar-refractivity contribution in [3.63, 3.8) is 0 Å². The fraction of sp³-hybridized carbons (Fsp3) is 0.714. The summed E-state index contributed by atoms with van der Waals surface area (Å²) in [5.41, 5.74) is -0.806. The molecule has 1 saturated heterocycles. The number of ether oxygens (including phenoxy) is 1. The van der Waals surface area contributed by atoms with Gasteiger partial charge >= 0.3 is 13.4 Å². The van der Waals surface area contributed by atoms with Crippen LogP contribution in [0.2, 0.25) is 0 Å². The van der Waals surface area contributed by atoms with Crippen LogP contribution in [0.15, 0.2) is 15.8 Å². The number of aromatic nitrogens is 2. The summed E-state index contributed by atoms with van der Waals surface area (Å²) < 4.78 is 23.5. The van der Waals surface area contributed by atoms with E-state index in [1.54, 1.807) is 6.92 Å². The Morgan fingerprint density at radius 3 is 2.92 bits per heavy atom. The third-order valence-corrected chi connectivity index (χ3v) is 5.04. The van der Waals surface area contributed by atoms with Crippen molar-refractivity contribution < 1.29 is 23.8 Å². The largest absolute Gasteiger partial charge is 0.403 e. The maximum Gasteiger partial charge on any atom is 0.403 e. The maximum absolute atomic E-state index is 11.9. The fourth-order valence-corrected chi connectivity index (χ4v) is 3.33. The highest BCUT2D eigenvalue weighted by Crippen LogP contribution is 2.38. The first-order chi connectivity index (χ1) is 11.7. The Bertz CT molecular complexity index is 747. The Morgan fingerprint density at radius 1 is 1.52 bits per heavy atom. The predicted octanol–water partition coefficient (Wildman–Crippen LogP) is 0.000120. The average Bonchev–Trinajstić information content (AvgIpc) is 2.90. The third-order valence-electron chi connectivity index (χ3n) is 3.92. The Kier molecular flexibility index (Phi) is 6.72. The Hall–Kier alpha value is -1.29. The minimum absolute atomic E-state index is 0.0956. The number of hydrogen-bond donors (Lipinski definition) is 4. The Morgan fingerprint density at radius 2 is 2.24 bits per heavy atom. The van der Waals surface area contributed by atoms with Crippen LogP contribution in [0.25, 0.3) is 0 Å². The molecular weight excluding hydrogens is 353 g/mol. The van der Waals surface area contributed by atoms with Gasteiger partial charge in [0.05, 0.1) is 12.7 Å². The molecule has 4 atom stereocenters. The second kappa shape index (κ2) is 8.39. The molecule has 11 heteroatoms. The van der Waals surface area contributed by atoms with Gasteiger partial charge in [0.1, 0.15) is 12.3 Å². The van der Waals surface area contributed by atoms with Crippen molar-refractivity contribution in [2.24, 2.45) is 0 Å². The molecule has 1 unspecified atom stereocenters. The van der Waals surface area contributed by atoms with Crippen LogP contribution in [0, 0.1) is 6.92 Å². The van der Waals surface area contributed by atoms with Gasteiger partial charge < -0.3 is 14.7 Å². The lowest BCUT2D eigenvalue weighted by Crippen LogP contribution is -2.33. The van der Waals surface area contributed by atoms with Crippen molar-refractivity contribution in [2.45, 2.75) is 51.5 Å². The quantitative estimate of drug-likeness (QED) is 0.366. The van der Waals surface area contributed by atoms with Gasteiger partial charge in [-0.05, 0) is 13.3 Å². The molecule has 1 aliphatic rings. The van der Waals surface area contributed by atoms with E-state index in [9.17, 15) is 24.2 Å². The molecule has 10 nitrogen and oxygen atoms in total. The first-order valence-electron chi connectivity index (χ1n) is 8.11. The van der Waals surface area contributed by atoms with Crippen molar-refractivity contribution in [1.29, 1.82) is 0 Å². The SMILES string of the molecule is CCCCNP(=O)(O)OC[C@H]1O[C@@H](n2cc(C)c(=O)[nH]c2=O)C[C@@H]1O. The molecule has 0 aromatic carbocycles. The summed E-state index contributed by atoms with van der Waals surface area (Å²) in [6, 6.07) is 0. The second-order valence-corrected chi connectivity index (χ2v) is 7.60. The molecule has 1 aliphatic heterocycles. The molecule has 0 saturated carbocycles. The normalized spacial score (nSPS) is 25.8. The zero-order valence-electron chi connectivity index (χ0n) is 14.2. The molecule has 0 amide bonds. The molecular formula is C14H24N3O7P. The van der Waals surface area contributed by atoms with E-state index in [0.717, 1.165) is 12.8 Å². The summed E-state index contributed by atoms with van der Waals surface area (Å²) in [5.74, 6) is 0. The molecule has 2 heterocycles. The van der Waals surface area contributed by atoms with Crippen molar-refractivity contribution in [3.8, 4) is 0 Å². The van der Waals surface area contributed by atoms with Crippen LogP contribution in [-0.2, 0) is 13.8 Å². The molecule has 0 spiro atoms. The molecule has 0 aliphatic carbocycles. The summed E-state index contributed by atoms with van der Waals surface area (Å²) in [6.07, 6.45) is 0.415. The van der Waals surface area contributed by atoms with Crippen LogP contribution in [0.5, 0.6) is 0 Å². The second-order valence-electron chi connectivity index (χ2n) is 5.99. The number of hydrogen-bond acceptors (Lipinski definition) is 6. The van der Waals surface area contributed by atoms with E-state index < -0.39 is 37.4 Å². The third kappa shape index (κ3) is 5.34. The summed E-state index contributed by atoms with van der Waals surface area (Å²) in [7, 11) is -3.97. The van der Waals surface area contributed by atoms with Crippen LogP contribution in [-0.4, -0.2) is 44.9 Å². The van der Waals surface area contributed by atoms with Crippen molar-refractivity contribution in [1.82, 2.24) is 14.6 Å². The van der Waals surface area contributed by atoms with E-state index in [-0.39, 0.29) is 13.0 Å². The average molecular weight is 377 g/mol. The lowest BCUT2D eigenvalue weighted by Gasteiger charge is -2.19. The van der Waals surface area contributed by atoms with E-state index in [4.69, 9.17) is 9.26 Å². The molecule has 4 N–H and O–H groups in total. The van der Waals surface area contributed by atoms with Gasteiger partial charge in [-0.2, -0.15) is 0 Å². The van der Waals surface area contributed by atoms with Gasteiger partial charge in [0, 0.05) is 24.7 Å². The number of aliphatic hydroxyl groups excluding tert-OH is 1. The smallest absolute Gasteiger partial charge is 0.390 e. The van der Waals surface area contributed by atoms with Crippen molar-refractivity contribution in [3.05, 3.63) is 32.6 Å². The van der Waals surface area contributed by atoms with E-state index in [0.29, 0.717) is 12.1 Å². The number of H-pyrrole nitrogens is 1. The van der Waals surface area contributed by atoms with E-state index in [1.807, 2.05) is 6.92 Å². The molecule has 142 valence electrons. The minimum atomic E-state index is -3.97. The van der Waals surface area contributed by atoms with Crippen molar-refractivity contribution in [2.75, 3.05) is 13.2 Å². The summed E-state index contributed by atoms with van der Waals surface area (Å²) >= 11 is 0. The van der Waals surface area contributed by atoms with Crippen LogP contribution in [0.1, 0.15) is 38.0 Å². The van der Waals surface area contributed by atoms with Gasteiger partial charge in [-0.25, -0.2) is 14.4 Å². The Labute approximate surface area is 144 Å². The lowest BCUT2D eigenvalue weighted by atomic mass is 10.2. The molecule has 0 bridgehead atoms. The number of nitrogens with zero attached hydrogens (tertiary/aromatic N) is 1. The van der Waals surface area contributed by atoms with Crippen molar-refractivity contribution >= 4 is 7.75 Å². The number of aryl methyl sites for hydroxylation is 1. The van der Waals surface area contributed by atoms with Crippen LogP contribution < -0.4 is 16.3 Å².